The molecule has 5 amide bonds. The number of methoxy groups -OCH3 is 1. The topological polar surface area (TPSA) is 392 Å². The summed E-state index contributed by atoms with van der Waals surface area (Å²) in [5, 5.41) is 105. The standard InChI is InChI=1S/C56H103N5O21/c1-36-47(70)50(73)39(33-62)80-53(36)77-30-12-7-5-9-25-57-43(66)19-22-56(61-46(69)18-15-17-42(65)60-28-16-29-76-4,24-21-45(68)59-27-11-14-32-79-55-38(3)49(72)52(75)41(35-64)82-55)23-20-44(67)58-26-10-6-8-13-31-78-54-37(2)48(71)51(74)40(34-63)81-54/h36-41,47-55,62-64,70-75H,5-35H2,1-4H3,(H,57,66)(H,58,67)(H,59,68)(H,60,65)(H,61,69). The fourth-order valence-electron chi connectivity index (χ4n) is 10.1. The van der Waals surface area contributed by atoms with Crippen LogP contribution in [0.4, 0.5) is 0 Å². The third kappa shape index (κ3) is 26.5. The van der Waals surface area contributed by atoms with Crippen LogP contribution in [0.15, 0.2) is 0 Å². The quantitative estimate of drug-likeness (QED) is 0.0327. The zero-order chi connectivity index (χ0) is 60.5. The average Bonchev–Trinajstić information content (AvgIpc) is 3.68. The number of rotatable bonds is 43. The van der Waals surface area contributed by atoms with Gasteiger partial charge in [0, 0.05) is 115 Å². The molecule has 0 spiro atoms. The molecule has 3 rings (SSSR count). The molecule has 0 aromatic carbocycles. The molecule has 15 atom stereocenters. The molecule has 478 valence electrons. The Balaban J connectivity index is 1.59. The van der Waals surface area contributed by atoms with E-state index in [0.29, 0.717) is 84.4 Å². The average molecular weight is 1180 g/mol. The van der Waals surface area contributed by atoms with Crippen LogP contribution in [0.1, 0.15) is 149 Å². The zero-order valence-electron chi connectivity index (χ0n) is 49.0. The van der Waals surface area contributed by atoms with Crippen LogP contribution in [0.3, 0.4) is 0 Å². The first-order valence-electron chi connectivity index (χ1n) is 29.9. The SMILES string of the molecule is COCCCNC(=O)CCCC(=O)NC(CCC(=O)NCCCCCCOC1OC(CO)C(O)C(O)C1C)(CCC(=O)NCCCCCCOC1OC(CO)C(O)C(O)C1C)CCC(=O)NCCCCOC1OC(CO)C(O)C(O)C1C. The van der Waals surface area contributed by atoms with Crippen molar-refractivity contribution in [1.29, 1.82) is 0 Å². The Kier molecular flexibility index (Phi) is 36.4. The largest absolute Gasteiger partial charge is 0.394 e. The summed E-state index contributed by atoms with van der Waals surface area (Å²) in [6.07, 6.45) is -4.48. The Hall–Kier alpha value is -3.29. The number of aliphatic hydroxyl groups excluding tert-OH is 9. The van der Waals surface area contributed by atoms with Crippen molar-refractivity contribution in [2.75, 3.05) is 79.5 Å². The highest BCUT2D eigenvalue weighted by Crippen LogP contribution is 2.30. The van der Waals surface area contributed by atoms with Crippen molar-refractivity contribution in [1.82, 2.24) is 26.6 Å². The van der Waals surface area contributed by atoms with Gasteiger partial charge in [-0.25, -0.2) is 0 Å². The van der Waals surface area contributed by atoms with Gasteiger partial charge in [0.1, 0.15) is 36.6 Å². The van der Waals surface area contributed by atoms with Crippen molar-refractivity contribution >= 4 is 29.5 Å². The van der Waals surface area contributed by atoms with E-state index in [0.717, 1.165) is 25.7 Å². The van der Waals surface area contributed by atoms with Gasteiger partial charge < -0.3 is 106 Å². The van der Waals surface area contributed by atoms with E-state index in [2.05, 4.69) is 26.6 Å². The highest BCUT2D eigenvalue weighted by molar-refractivity contribution is 5.81. The third-order valence-corrected chi connectivity index (χ3v) is 15.6. The van der Waals surface area contributed by atoms with Crippen molar-refractivity contribution in [3.05, 3.63) is 0 Å². The summed E-state index contributed by atoms with van der Waals surface area (Å²) < 4.78 is 39.4. The smallest absolute Gasteiger partial charge is 0.220 e. The molecule has 15 unspecified atom stereocenters. The van der Waals surface area contributed by atoms with Gasteiger partial charge in [-0.05, 0) is 70.6 Å². The number of nitrogens with one attached hydrogen (secondary N) is 5. The summed E-state index contributed by atoms with van der Waals surface area (Å²) in [4.78, 5) is 66.7. The number of amides is 5. The van der Waals surface area contributed by atoms with Crippen molar-refractivity contribution in [3.8, 4) is 0 Å². The van der Waals surface area contributed by atoms with Crippen molar-refractivity contribution in [3.63, 3.8) is 0 Å². The minimum Gasteiger partial charge on any atom is -0.394 e. The van der Waals surface area contributed by atoms with Gasteiger partial charge in [0.25, 0.3) is 0 Å². The highest BCUT2D eigenvalue weighted by atomic mass is 16.7. The molecule has 3 heterocycles. The number of carbonyl (C=O) groups excluding carboxylic acids is 5. The Morgan fingerprint density at radius 1 is 0.390 bits per heavy atom. The lowest BCUT2D eigenvalue weighted by molar-refractivity contribution is -0.282. The lowest BCUT2D eigenvalue weighted by Gasteiger charge is -2.40. The van der Waals surface area contributed by atoms with E-state index in [4.69, 9.17) is 33.2 Å². The number of carbonyl (C=O) groups is 5. The fraction of sp³-hybridized carbons (Fsp3) is 0.911. The van der Waals surface area contributed by atoms with Gasteiger partial charge in [-0.15, -0.1) is 0 Å². The molecular formula is C56H103N5O21. The second-order valence-corrected chi connectivity index (χ2v) is 22.3. The predicted octanol–water partition coefficient (Wildman–Crippen LogP) is -0.970. The minimum atomic E-state index is -1.25. The lowest BCUT2D eigenvalue weighted by Crippen LogP contribution is -2.55. The van der Waals surface area contributed by atoms with E-state index in [1.165, 1.54) is 0 Å². The summed E-state index contributed by atoms with van der Waals surface area (Å²) in [7, 11) is 1.57. The van der Waals surface area contributed by atoms with Gasteiger partial charge in [-0.3, -0.25) is 24.0 Å². The molecule has 0 aromatic rings. The van der Waals surface area contributed by atoms with Crippen LogP contribution in [0.5, 0.6) is 0 Å². The predicted molar refractivity (Wildman–Crippen MR) is 296 cm³/mol. The van der Waals surface area contributed by atoms with Crippen molar-refractivity contribution in [2.45, 2.75) is 229 Å². The molecule has 0 aromatic heterocycles. The monoisotopic (exact) mass is 1180 g/mol. The molecule has 82 heavy (non-hydrogen) atoms. The van der Waals surface area contributed by atoms with Crippen LogP contribution in [0.2, 0.25) is 0 Å². The maximum absolute atomic E-state index is 13.8. The molecular weight excluding hydrogens is 1080 g/mol. The maximum atomic E-state index is 13.8. The first kappa shape index (κ1) is 73.0. The number of hydrogen-bond donors (Lipinski definition) is 14. The van der Waals surface area contributed by atoms with E-state index < -0.39 is 123 Å². The molecule has 26 heteroatoms. The Morgan fingerprint density at radius 3 is 1.05 bits per heavy atom. The first-order chi connectivity index (χ1) is 39.3. The van der Waals surface area contributed by atoms with Gasteiger partial charge in [-0.2, -0.15) is 0 Å². The van der Waals surface area contributed by atoms with Crippen LogP contribution >= 0.6 is 0 Å². The molecule has 14 N–H and O–H groups in total. The third-order valence-electron chi connectivity index (χ3n) is 15.6. The van der Waals surface area contributed by atoms with Crippen molar-refractivity contribution < 1.29 is 103 Å². The second kappa shape index (κ2) is 40.9. The normalized spacial score (nSPS) is 29.1. The van der Waals surface area contributed by atoms with Crippen molar-refractivity contribution in [2.24, 2.45) is 17.8 Å². The lowest BCUT2D eigenvalue weighted by atomic mass is 9.82. The van der Waals surface area contributed by atoms with Gasteiger partial charge in [-0.1, -0.05) is 46.5 Å². The Labute approximate surface area is 483 Å². The Bertz CT molecular complexity index is 1720. The fourth-order valence-corrected chi connectivity index (χ4v) is 10.1. The number of aliphatic hydroxyl groups is 9. The molecule has 3 aliphatic heterocycles. The van der Waals surface area contributed by atoms with Gasteiger partial charge in [0.15, 0.2) is 18.9 Å². The van der Waals surface area contributed by atoms with E-state index in [-0.39, 0.29) is 94.6 Å². The summed E-state index contributed by atoms with van der Waals surface area (Å²) in [5.74, 6) is -3.05. The first-order valence-corrected chi connectivity index (χ1v) is 29.9. The Morgan fingerprint density at radius 2 is 0.695 bits per heavy atom. The summed E-state index contributed by atoms with van der Waals surface area (Å²) >= 11 is 0. The van der Waals surface area contributed by atoms with E-state index in [1.54, 1.807) is 27.9 Å². The van der Waals surface area contributed by atoms with Gasteiger partial charge in [0.05, 0.1) is 38.1 Å². The molecule has 0 bridgehead atoms. The zero-order valence-corrected chi connectivity index (χ0v) is 49.0. The summed E-state index contributed by atoms with van der Waals surface area (Å²) in [5.41, 5.74) is -1.18. The highest BCUT2D eigenvalue weighted by Gasteiger charge is 2.45. The molecule has 3 saturated heterocycles. The van der Waals surface area contributed by atoms with E-state index in [9.17, 15) is 69.9 Å². The van der Waals surface area contributed by atoms with Crippen LogP contribution in [0, 0.1) is 17.8 Å². The molecule has 3 aliphatic rings. The van der Waals surface area contributed by atoms with Gasteiger partial charge >= 0.3 is 0 Å². The summed E-state index contributed by atoms with van der Waals surface area (Å²) in [6.45, 7) is 6.47. The number of unbranched alkanes of at least 4 members (excludes halogenated alkanes) is 7. The van der Waals surface area contributed by atoms with Crippen LogP contribution in [-0.2, 0) is 57.1 Å². The maximum Gasteiger partial charge on any atom is 0.220 e. The molecule has 0 radical (unpaired) electrons. The summed E-state index contributed by atoms with van der Waals surface area (Å²) in [6, 6.07) is 0. The van der Waals surface area contributed by atoms with Crippen LogP contribution in [-0.4, -0.2) is 234 Å². The number of hydrogen-bond acceptors (Lipinski definition) is 21. The van der Waals surface area contributed by atoms with Crippen LogP contribution in [0.25, 0.3) is 0 Å². The number of ether oxygens (including phenoxy) is 7. The molecule has 0 aliphatic carbocycles. The van der Waals surface area contributed by atoms with E-state index in [1.807, 2.05) is 0 Å². The van der Waals surface area contributed by atoms with Crippen LogP contribution < -0.4 is 26.6 Å². The molecule has 0 saturated carbocycles. The molecule has 26 nitrogen and oxygen atoms in total. The second-order valence-electron chi connectivity index (χ2n) is 22.3. The molecule has 3 fully saturated rings. The van der Waals surface area contributed by atoms with Gasteiger partial charge in [0.2, 0.25) is 29.5 Å². The van der Waals surface area contributed by atoms with E-state index >= 15 is 0 Å². The minimum absolute atomic E-state index is 0.0250.